The van der Waals surface area contributed by atoms with Gasteiger partial charge in [-0.3, -0.25) is 0 Å². The van der Waals surface area contributed by atoms with Crippen molar-refractivity contribution >= 4 is 33.2 Å². The summed E-state index contributed by atoms with van der Waals surface area (Å²) in [6, 6.07) is 13.7. The van der Waals surface area contributed by atoms with Crippen LogP contribution in [0.5, 0.6) is 11.5 Å². The number of rotatable bonds is 3. The van der Waals surface area contributed by atoms with E-state index in [-0.39, 0.29) is 11.7 Å². The van der Waals surface area contributed by atoms with Gasteiger partial charge in [-0.25, -0.2) is 13.6 Å². The highest BCUT2D eigenvalue weighted by Gasteiger charge is 2.20. The lowest BCUT2D eigenvalue weighted by molar-refractivity contribution is 0.174. The van der Waals surface area contributed by atoms with Gasteiger partial charge in [0.1, 0.15) is 0 Å². The van der Waals surface area contributed by atoms with E-state index in [1.165, 1.54) is 12.1 Å². The molecule has 0 fully saturated rings. The maximum atomic E-state index is 11.5. The van der Waals surface area contributed by atoms with Crippen molar-refractivity contribution in [3.8, 4) is 33.8 Å². The second kappa shape index (κ2) is 6.97. The third-order valence-electron chi connectivity index (χ3n) is 4.60. The summed E-state index contributed by atoms with van der Waals surface area (Å²) in [5, 5.41) is 6.30. The first-order valence-corrected chi connectivity index (χ1v) is 10.6. The number of hydrogen-bond donors (Lipinski definition) is 1. The van der Waals surface area contributed by atoms with E-state index in [1.807, 2.05) is 31.2 Å². The molecule has 28 heavy (non-hydrogen) atoms. The quantitative estimate of drug-likeness (QED) is 0.626. The fourth-order valence-corrected chi connectivity index (χ4v) is 4.05. The molecule has 8 heteroatoms. The van der Waals surface area contributed by atoms with E-state index < -0.39 is 10.0 Å². The second-order valence-corrected chi connectivity index (χ2v) is 8.76. The van der Waals surface area contributed by atoms with Crippen LogP contribution in [0, 0.1) is 6.92 Å². The smallest absolute Gasteiger partial charge is 0.238 e. The number of hydrogen-bond acceptors (Lipinski definition) is 4. The van der Waals surface area contributed by atoms with Crippen molar-refractivity contribution in [2.75, 3.05) is 6.79 Å². The summed E-state index contributed by atoms with van der Waals surface area (Å²) in [4.78, 5) is 0.0416. The molecule has 1 aliphatic rings. The van der Waals surface area contributed by atoms with Gasteiger partial charge in [0.25, 0.3) is 0 Å². The van der Waals surface area contributed by atoms with Gasteiger partial charge in [-0.05, 0) is 71.1 Å². The minimum atomic E-state index is -3.77. The molecule has 2 N–H and O–H groups in total. The first-order valence-electron chi connectivity index (χ1n) is 8.27. The van der Waals surface area contributed by atoms with Crippen molar-refractivity contribution in [3.05, 3.63) is 64.1 Å². The van der Waals surface area contributed by atoms with Gasteiger partial charge in [-0.15, -0.1) is 0 Å². The summed E-state index contributed by atoms with van der Waals surface area (Å²) in [5.74, 6) is 1.23. The molecule has 0 amide bonds. The summed E-state index contributed by atoms with van der Waals surface area (Å²) in [6.07, 6.45) is 0. The number of ether oxygens (including phenoxy) is 2. The molecule has 144 valence electrons. The van der Waals surface area contributed by atoms with Crippen molar-refractivity contribution in [2.45, 2.75) is 11.8 Å². The molecule has 0 atom stereocenters. The van der Waals surface area contributed by atoms with Crippen LogP contribution in [0.25, 0.3) is 22.3 Å². The monoisotopic (exact) mass is 435 g/mol. The fourth-order valence-electron chi connectivity index (χ4n) is 3.04. The zero-order chi connectivity index (χ0) is 20.1. The van der Waals surface area contributed by atoms with Gasteiger partial charge < -0.3 is 9.47 Å². The van der Waals surface area contributed by atoms with E-state index in [9.17, 15) is 8.42 Å². The molecule has 0 radical (unpaired) electrons. The average Bonchev–Trinajstić information content (AvgIpc) is 3.11. The number of nitrogens with two attached hydrogens (primary N) is 1. The van der Waals surface area contributed by atoms with Gasteiger partial charge >= 0.3 is 0 Å². The highest BCUT2D eigenvalue weighted by atomic mass is 35.5. The highest BCUT2D eigenvalue weighted by molar-refractivity contribution is 7.89. The van der Waals surface area contributed by atoms with Crippen LogP contribution in [0.2, 0.25) is 10.0 Å². The van der Waals surface area contributed by atoms with Crippen LogP contribution in [-0.2, 0) is 10.0 Å². The van der Waals surface area contributed by atoms with Crippen LogP contribution in [0.3, 0.4) is 0 Å². The lowest BCUT2D eigenvalue weighted by Crippen LogP contribution is -2.11. The molecule has 0 unspecified atom stereocenters. The van der Waals surface area contributed by atoms with Crippen LogP contribution in [0.1, 0.15) is 5.56 Å². The number of benzene rings is 3. The zero-order valence-electron chi connectivity index (χ0n) is 14.7. The minimum Gasteiger partial charge on any atom is -0.454 e. The highest BCUT2D eigenvalue weighted by Crippen LogP contribution is 2.44. The standard InChI is InChI=1S/C20H15Cl2NO4S/c1-11-17(21)6-13(7-18(11)22)16-9-20-19(26-10-27-20)8-15(16)12-2-4-14(5-3-12)28(23,24)25/h2-9H,10H2,1H3,(H2,23,24,25). The maximum absolute atomic E-state index is 11.5. The number of fused-ring (bicyclic) bond motifs is 1. The van der Waals surface area contributed by atoms with Gasteiger partial charge in [-0.2, -0.15) is 0 Å². The Morgan fingerprint density at radius 2 is 1.36 bits per heavy atom. The molecule has 0 aliphatic carbocycles. The molecule has 0 saturated carbocycles. The van der Waals surface area contributed by atoms with E-state index in [4.69, 9.17) is 37.8 Å². The van der Waals surface area contributed by atoms with Crippen LogP contribution in [-0.4, -0.2) is 15.2 Å². The molecule has 3 aromatic rings. The average molecular weight is 436 g/mol. The number of halogens is 2. The third-order valence-corrected chi connectivity index (χ3v) is 6.31. The first kappa shape index (κ1) is 19.1. The molecule has 3 aromatic carbocycles. The van der Waals surface area contributed by atoms with Gasteiger partial charge in [0.05, 0.1) is 4.90 Å². The normalized spacial score (nSPS) is 13.0. The molecule has 0 bridgehead atoms. The largest absolute Gasteiger partial charge is 0.454 e. The topological polar surface area (TPSA) is 78.6 Å². The summed E-state index contributed by atoms with van der Waals surface area (Å²) in [5.41, 5.74) is 4.04. The molecular weight excluding hydrogens is 421 g/mol. The summed E-state index contributed by atoms with van der Waals surface area (Å²) in [7, 11) is -3.77. The Labute approximate surface area is 172 Å². The number of primary sulfonamides is 1. The molecular formula is C20H15Cl2NO4S. The predicted octanol–water partition coefficient (Wildman–Crippen LogP) is 5.01. The van der Waals surface area contributed by atoms with Gasteiger partial charge in [0.2, 0.25) is 16.8 Å². The third kappa shape index (κ3) is 3.44. The fraction of sp³-hybridized carbons (Fsp3) is 0.100. The molecule has 1 aliphatic heterocycles. The van der Waals surface area contributed by atoms with Crippen LogP contribution >= 0.6 is 23.2 Å². The summed E-state index contributed by atoms with van der Waals surface area (Å²) >= 11 is 12.7. The van der Waals surface area contributed by atoms with Crippen molar-refractivity contribution in [1.82, 2.24) is 0 Å². The summed E-state index contributed by atoms with van der Waals surface area (Å²) < 4.78 is 34.1. The van der Waals surface area contributed by atoms with E-state index >= 15 is 0 Å². The Balaban J connectivity index is 1.92. The van der Waals surface area contributed by atoms with E-state index in [0.29, 0.717) is 21.5 Å². The molecule has 5 nitrogen and oxygen atoms in total. The summed E-state index contributed by atoms with van der Waals surface area (Å²) in [6.45, 7) is 1.99. The van der Waals surface area contributed by atoms with Gasteiger partial charge in [0, 0.05) is 10.0 Å². The Kier molecular flexibility index (Phi) is 4.75. The zero-order valence-corrected chi connectivity index (χ0v) is 17.0. The van der Waals surface area contributed by atoms with E-state index in [0.717, 1.165) is 27.8 Å². The SMILES string of the molecule is Cc1c(Cl)cc(-c2cc3c(cc2-c2ccc(S(N)(=O)=O)cc2)OCO3)cc1Cl. The van der Waals surface area contributed by atoms with Crippen LogP contribution < -0.4 is 14.6 Å². The Morgan fingerprint density at radius 1 is 0.857 bits per heavy atom. The maximum Gasteiger partial charge on any atom is 0.238 e. The van der Waals surface area contributed by atoms with Crippen LogP contribution in [0.4, 0.5) is 0 Å². The van der Waals surface area contributed by atoms with Crippen molar-refractivity contribution < 1.29 is 17.9 Å². The molecule has 0 spiro atoms. The minimum absolute atomic E-state index is 0.0416. The van der Waals surface area contributed by atoms with Crippen molar-refractivity contribution in [2.24, 2.45) is 5.14 Å². The lowest BCUT2D eigenvalue weighted by atomic mass is 9.93. The molecule has 0 aromatic heterocycles. The van der Waals surface area contributed by atoms with Gasteiger partial charge in [-0.1, -0.05) is 35.3 Å². The lowest BCUT2D eigenvalue weighted by Gasteiger charge is -2.14. The Bertz CT molecular complexity index is 1170. The molecule has 0 saturated heterocycles. The van der Waals surface area contributed by atoms with E-state index in [2.05, 4.69) is 0 Å². The Hall–Kier alpha value is -2.25. The molecule has 4 rings (SSSR count). The Morgan fingerprint density at radius 3 is 1.86 bits per heavy atom. The van der Waals surface area contributed by atoms with Crippen molar-refractivity contribution in [1.29, 1.82) is 0 Å². The van der Waals surface area contributed by atoms with Crippen molar-refractivity contribution in [3.63, 3.8) is 0 Å². The molecule has 1 heterocycles. The number of sulfonamides is 1. The van der Waals surface area contributed by atoms with E-state index in [1.54, 1.807) is 12.1 Å². The first-order chi connectivity index (χ1) is 13.2. The predicted molar refractivity (Wildman–Crippen MR) is 110 cm³/mol. The van der Waals surface area contributed by atoms with Gasteiger partial charge in [0.15, 0.2) is 11.5 Å². The second-order valence-electron chi connectivity index (χ2n) is 6.39. The van der Waals surface area contributed by atoms with Crippen LogP contribution in [0.15, 0.2) is 53.4 Å².